The quantitative estimate of drug-likeness (QED) is 0.831. The van der Waals surface area contributed by atoms with Gasteiger partial charge in [-0.1, -0.05) is 18.2 Å². The van der Waals surface area contributed by atoms with Gasteiger partial charge in [0, 0.05) is 23.3 Å². The Kier molecular flexibility index (Phi) is 3.53. The second kappa shape index (κ2) is 5.35. The molecule has 0 saturated carbocycles. The summed E-state index contributed by atoms with van der Waals surface area (Å²) in [6, 6.07) is 13.6. The lowest BCUT2D eigenvalue weighted by Gasteiger charge is -2.27. The van der Waals surface area contributed by atoms with E-state index in [4.69, 9.17) is 0 Å². The van der Waals surface area contributed by atoms with Crippen LogP contribution in [-0.4, -0.2) is 16.3 Å². The minimum atomic E-state index is -0.877. The zero-order valence-corrected chi connectivity index (χ0v) is 11.6. The number of aliphatic hydroxyl groups excluding tert-OH is 2. The number of halogens is 1. The van der Waals surface area contributed by atoms with Crippen LogP contribution < -0.4 is 0 Å². The predicted octanol–water partition coefficient (Wildman–Crippen LogP) is 3.26. The van der Waals surface area contributed by atoms with E-state index < -0.39 is 12.2 Å². The van der Waals surface area contributed by atoms with E-state index in [9.17, 15) is 14.6 Å². The average Bonchev–Trinajstić information content (AvgIpc) is 2.47. The van der Waals surface area contributed by atoms with Crippen molar-refractivity contribution < 1.29 is 14.6 Å². The fourth-order valence-electron chi connectivity index (χ4n) is 2.78. The topological polar surface area (TPSA) is 40.5 Å². The fourth-order valence-corrected chi connectivity index (χ4v) is 2.78. The summed E-state index contributed by atoms with van der Waals surface area (Å²) in [5.74, 6) is 0.194. The lowest BCUT2D eigenvalue weighted by Crippen LogP contribution is -2.24. The van der Waals surface area contributed by atoms with E-state index in [1.54, 1.807) is 19.1 Å². The van der Waals surface area contributed by atoms with Gasteiger partial charge in [-0.25, -0.2) is 0 Å². The zero-order valence-electron chi connectivity index (χ0n) is 11.6. The molecule has 0 bridgehead atoms. The summed E-state index contributed by atoms with van der Waals surface area (Å²) in [6.45, 7) is 1.64. The predicted molar refractivity (Wildman–Crippen MR) is 79.8 cm³/mol. The van der Waals surface area contributed by atoms with Crippen LogP contribution in [0.5, 0.6) is 0 Å². The Balaban J connectivity index is 2.15. The molecule has 0 heterocycles. The summed E-state index contributed by atoms with van der Waals surface area (Å²) in [5.41, 5.74) is 2.85. The minimum Gasteiger partial charge on any atom is -0.387 e. The highest BCUT2D eigenvalue weighted by Crippen LogP contribution is 2.43. The number of rotatable bonds is 2. The molecule has 2 nitrogen and oxygen atoms in total. The van der Waals surface area contributed by atoms with Crippen LogP contribution in [-0.2, 0) is 0 Å². The molecule has 2 aromatic carbocycles. The summed E-state index contributed by atoms with van der Waals surface area (Å²) in [7, 11) is 0. The van der Waals surface area contributed by atoms with Crippen LogP contribution in [0.4, 0.5) is 4.39 Å². The summed E-state index contributed by atoms with van der Waals surface area (Å²) in [5, 5.41) is 20.7. The molecule has 0 radical (unpaired) electrons. The van der Waals surface area contributed by atoms with Crippen molar-refractivity contribution in [2.75, 3.05) is 0 Å². The van der Waals surface area contributed by atoms with Crippen molar-refractivity contribution in [1.82, 2.24) is 0 Å². The number of benzene rings is 2. The molecule has 106 valence electrons. The first-order valence-corrected chi connectivity index (χ1v) is 6.87. The van der Waals surface area contributed by atoms with Crippen molar-refractivity contribution in [3.8, 4) is 0 Å². The Morgan fingerprint density at radius 1 is 1.14 bits per heavy atom. The molecular formula is C18H16FO2+. The van der Waals surface area contributed by atoms with Gasteiger partial charge in [-0.3, -0.25) is 0 Å². The smallest absolute Gasteiger partial charge is 0.166 e. The third kappa shape index (κ3) is 2.46. The Hall–Kier alpha value is -2.10. The Labute approximate surface area is 123 Å². The molecule has 21 heavy (non-hydrogen) atoms. The summed E-state index contributed by atoms with van der Waals surface area (Å²) < 4.78 is 13.5. The van der Waals surface area contributed by atoms with Gasteiger partial charge in [0.2, 0.25) is 0 Å². The Bertz CT molecular complexity index is 691. The fraction of sp³-hybridized carbons (Fsp3) is 0.167. The first-order valence-electron chi connectivity index (χ1n) is 6.87. The van der Waals surface area contributed by atoms with E-state index in [0.717, 1.165) is 11.1 Å². The number of fused-ring (bicyclic) bond motifs is 1. The summed E-state index contributed by atoms with van der Waals surface area (Å²) in [6.07, 6.45) is 0.233. The lowest BCUT2D eigenvalue weighted by atomic mass is 9.75. The van der Waals surface area contributed by atoms with Crippen LogP contribution in [0.3, 0.4) is 0 Å². The summed E-state index contributed by atoms with van der Waals surface area (Å²) in [4.78, 5) is 0. The summed E-state index contributed by atoms with van der Waals surface area (Å²) >= 11 is 0. The monoisotopic (exact) mass is 283 g/mol. The zero-order chi connectivity index (χ0) is 15.0. The SMILES string of the molecule is C[C@H](O)C1=Cc2ccccc2C(O)[C+]1c1cccc(F)c1. The molecule has 0 spiro atoms. The highest BCUT2D eigenvalue weighted by atomic mass is 19.1. The van der Waals surface area contributed by atoms with Crippen LogP contribution in [0.25, 0.3) is 6.08 Å². The lowest BCUT2D eigenvalue weighted by molar-refractivity contribution is 0.179. The molecule has 0 aliphatic heterocycles. The third-order valence-corrected chi connectivity index (χ3v) is 3.77. The molecule has 1 aliphatic carbocycles. The maximum atomic E-state index is 13.5. The first kappa shape index (κ1) is 13.9. The van der Waals surface area contributed by atoms with Gasteiger partial charge in [0.1, 0.15) is 11.7 Å². The maximum absolute atomic E-state index is 13.5. The van der Waals surface area contributed by atoms with E-state index in [0.29, 0.717) is 17.1 Å². The number of hydrogen-bond donors (Lipinski definition) is 2. The highest BCUT2D eigenvalue weighted by Gasteiger charge is 2.39. The molecule has 2 N–H and O–H groups in total. The Morgan fingerprint density at radius 2 is 1.90 bits per heavy atom. The molecule has 1 unspecified atom stereocenters. The molecule has 3 rings (SSSR count). The highest BCUT2D eigenvalue weighted by molar-refractivity contribution is 5.70. The molecule has 2 aromatic rings. The largest absolute Gasteiger partial charge is 0.387 e. The van der Waals surface area contributed by atoms with Gasteiger partial charge in [0.05, 0.1) is 23.7 Å². The van der Waals surface area contributed by atoms with Gasteiger partial charge in [0.15, 0.2) is 5.82 Å². The van der Waals surface area contributed by atoms with Crippen LogP contribution in [0, 0.1) is 11.7 Å². The molecule has 3 heteroatoms. The second-order valence-electron chi connectivity index (χ2n) is 5.23. The van der Waals surface area contributed by atoms with Crippen molar-refractivity contribution in [2.45, 2.75) is 19.1 Å². The Morgan fingerprint density at radius 3 is 2.62 bits per heavy atom. The van der Waals surface area contributed by atoms with Crippen molar-refractivity contribution in [1.29, 1.82) is 0 Å². The van der Waals surface area contributed by atoms with Crippen LogP contribution in [0.1, 0.15) is 29.7 Å². The third-order valence-electron chi connectivity index (χ3n) is 3.77. The van der Waals surface area contributed by atoms with Crippen molar-refractivity contribution in [3.05, 3.63) is 82.5 Å². The number of hydrogen-bond acceptors (Lipinski definition) is 2. The molecule has 0 saturated heterocycles. The molecule has 0 aromatic heterocycles. The standard InChI is InChI=1S/C18H16FO2/c1-11(20)16-10-12-5-2-3-8-15(12)18(21)17(16)13-6-4-7-14(19)9-13/h2-11,18,20-21H,1H3/q+1/t11-,18?/m0/s1. The van der Waals surface area contributed by atoms with Gasteiger partial charge < -0.3 is 10.2 Å². The van der Waals surface area contributed by atoms with Gasteiger partial charge >= 0.3 is 0 Å². The van der Waals surface area contributed by atoms with E-state index in [1.807, 2.05) is 30.3 Å². The van der Waals surface area contributed by atoms with Gasteiger partial charge in [-0.15, -0.1) is 0 Å². The minimum absolute atomic E-state index is 0.365. The first-order chi connectivity index (χ1) is 10.1. The van der Waals surface area contributed by atoms with Gasteiger partial charge in [-0.05, 0) is 25.1 Å². The second-order valence-corrected chi connectivity index (χ2v) is 5.23. The van der Waals surface area contributed by atoms with Crippen LogP contribution in [0.15, 0.2) is 54.1 Å². The molecular weight excluding hydrogens is 267 g/mol. The van der Waals surface area contributed by atoms with Crippen molar-refractivity contribution in [3.63, 3.8) is 0 Å². The molecule has 0 fully saturated rings. The van der Waals surface area contributed by atoms with E-state index >= 15 is 0 Å². The number of aliphatic hydroxyl groups is 2. The molecule has 2 atom stereocenters. The van der Waals surface area contributed by atoms with Gasteiger partial charge in [-0.2, -0.15) is 4.39 Å². The van der Waals surface area contributed by atoms with Gasteiger partial charge in [0.25, 0.3) is 0 Å². The average molecular weight is 283 g/mol. The molecule has 0 amide bonds. The normalized spacial score (nSPS) is 19.0. The van der Waals surface area contributed by atoms with E-state index in [-0.39, 0.29) is 5.82 Å². The van der Waals surface area contributed by atoms with Crippen LogP contribution >= 0.6 is 0 Å². The maximum Gasteiger partial charge on any atom is 0.166 e. The van der Waals surface area contributed by atoms with E-state index in [1.165, 1.54) is 12.1 Å². The van der Waals surface area contributed by atoms with Crippen LogP contribution in [0.2, 0.25) is 0 Å². The van der Waals surface area contributed by atoms with E-state index in [2.05, 4.69) is 0 Å². The van der Waals surface area contributed by atoms with Crippen molar-refractivity contribution >= 4 is 6.08 Å². The van der Waals surface area contributed by atoms with Crippen molar-refractivity contribution in [2.24, 2.45) is 0 Å². The molecule has 1 aliphatic rings.